The predicted octanol–water partition coefficient (Wildman–Crippen LogP) is 4.34. The molecule has 5 heteroatoms. The zero-order chi connectivity index (χ0) is 19.9. The van der Waals surface area contributed by atoms with Gasteiger partial charge in [-0.15, -0.1) is 0 Å². The average Bonchev–Trinajstić information content (AvgIpc) is 2.65. The summed E-state index contributed by atoms with van der Waals surface area (Å²) in [6, 6.07) is 0. The van der Waals surface area contributed by atoms with E-state index in [9.17, 15) is 9.90 Å². The molecule has 5 nitrogen and oxygen atoms in total. The van der Waals surface area contributed by atoms with Crippen molar-refractivity contribution < 1.29 is 19.4 Å². The molecule has 1 unspecified atom stereocenters. The summed E-state index contributed by atoms with van der Waals surface area (Å²) in [4.78, 5) is 18.0. The van der Waals surface area contributed by atoms with Gasteiger partial charge in [0.05, 0.1) is 37.2 Å². The van der Waals surface area contributed by atoms with Gasteiger partial charge in [-0.3, -0.25) is 4.98 Å². The highest BCUT2D eigenvalue weighted by Gasteiger charge is 2.45. The van der Waals surface area contributed by atoms with Crippen molar-refractivity contribution >= 4 is 11.5 Å². The number of carbonyl (C=O) groups excluding carboxylic acids is 1. The molecule has 152 valence electrons. The van der Waals surface area contributed by atoms with Crippen LogP contribution in [0.4, 0.5) is 0 Å². The third-order valence-electron chi connectivity index (χ3n) is 6.57. The fourth-order valence-corrected chi connectivity index (χ4v) is 5.07. The van der Waals surface area contributed by atoms with Crippen LogP contribution in [-0.2, 0) is 15.9 Å². The van der Waals surface area contributed by atoms with Gasteiger partial charge in [0.15, 0.2) is 0 Å². The third-order valence-corrected chi connectivity index (χ3v) is 6.57. The molecule has 1 aliphatic heterocycles. The molecule has 1 atom stereocenters. The van der Waals surface area contributed by atoms with Crippen LogP contribution in [0.3, 0.4) is 0 Å². The molecule has 4 rings (SSSR count). The Morgan fingerprint density at radius 1 is 1.43 bits per heavy atom. The number of aliphatic hydroxyl groups excluding tert-OH is 1. The van der Waals surface area contributed by atoms with Crippen LogP contribution < -0.4 is 0 Å². The summed E-state index contributed by atoms with van der Waals surface area (Å²) in [7, 11) is 0. The summed E-state index contributed by atoms with van der Waals surface area (Å²) in [6.45, 7) is 7.44. The van der Waals surface area contributed by atoms with Gasteiger partial charge < -0.3 is 14.6 Å². The van der Waals surface area contributed by atoms with E-state index in [0.29, 0.717) is 25.4 Å². The first-order valence-electron chi connectivity index (χ1n) is 10.6. The van der Waals surface area contributed by atoms with Gasteiger partial charge >= 0.3 is 5.97 Å². The van der Waals surface area contributed by atoms with Crippen molar-refractivity contribution in [3.8, 4) is 0 Å². The fraction of sp³-hybridized carbons (Fsp3) is 0.652. The Kier molecular flexibility index (Phi) is 5.32. The topological polar surface area (TPSA) is 68.7 Å². The van der Waals surface area contributed by atoms with E-state index in [-0.39, 0.29) is 17.3 Å². The van der Waals surface area contributed by atoms with Crippen LogP contribution in [0.5, 0.6) is 0 Å². The normalized spacial score (nSPS) is 23.2. The highest BCUT2D eigenvalue weighted by molar-refractivity contribution is 5.98. The second-order valence-electron chi connectivity index (χ2n) is 8.79. The van der Waals surface area contributed by atoms with Gasteiger partial charge in [-0.1, -0.05) is 26.3 Å². The van der Waals surface area contributed by atoms with Crippen molar-refractivity contribution in [1.82, 2.24) is 4.98 Å². The van der Waals surface area contributed by atoms with Gasteiger partial charge in [0, 0.05) is 16.8 Å². The molecule has 1 fully saturated rings. The first-order chi connectivity index (χ1) is 13.5. The maximum atomic E-state index is 13.0. The largest absolute Gasteiger partial charge is 0.462 e. The highest BCUT2D eigenvalue weighted by Crippen LogP contribution is 2.54. The summed E-state index contributed by atoms with van der Waals surface area (Å²) in [5.74, 6) is -0.236. The Morgan fingerprint density at radius 2 is 2.21 bits per heavy atom. The monoisotopic (exact) mass is 385 g/mol. The van der Waals surface area contributed by atoms with Crippen molar-refractivity contribution in [2.45, 2.75) is 71.3 Å². The quantitative estimate of drug-likeness (QED) is 0.781. The van der Waals surface area contributed by atoms with E-state index in [1.807, 2.05) is 13.0 Å². The minimum Gasteiger partial charge on any atom is -0.462 e. The molecule has 3 aliphatic rings. The minimum absolute atomic E-state index is 0.0975. The Balaban J connectivity index is 1.96. The molecule has 0 amide bonds. The molecule has 2 aliphatic carbocycles. The van der Waals surface area contributed by atoms with Crippen LogP contribution >= 0.6 is 0 Å². The van der Waals surface area contributed by atoms with E-state index in [0.717, 1.165) is 60.2 Å². The smallest absolute Gasteiger partial charge is 0.340 e. The summed E-state index contributed by atoms with van der Waals surface area (Å²) >= 11 is 0. The average molecular weight is 386 g/mol. The van der Waals surface area contributed by atoms with Crippen LogP contribution in [0, 0.1) is 5.41 Å². The van der Waals surface area contributed by atoms with Crippen LogP contribution in [0.25, 0.3) is 5.57 Å². The Morgan fingerprint density at radius 3 is 2.79 bits per heavy atom. The molecule has 1 saturated carbocycles. The van der Waals surface area contributed by atoms with Gasteiger partial charge in [0.2, 0.25) is 0 Å². The number of esters is 1. The number of hydrogen-bond acceptors (Lipinski definition) is 5. The van der Waals surface area contributed by atoms with E-state index in [1.54, 1.807) is 0 Å². The highest BCUT2D eigenvalue weighted by atomic mass is 16.5. The molecule has 28 heavy (non-hydrogen) atoms. The van der Waals surface area contributed by atoms with Crippen molar-refractivity contribution in [1.29, 1.82) is 0 Å². The van der Waals surface area contributed by atoms with Gasteiger partial charge in [-0.2, -0.15) is 0 Å². The summed E-state index contributed by atoms with van der Waals surface area (Å²) in [6.07, 6.45) is 7.42. The number of pyridine rings is 1. The molecular formula is C23H31NO4. The molecule has 2 heterocycles. The maximum Gasteiger partial charge on any atom is 0.340 e. The lowest BCUT2D eigenvalue weighted by Gasteiger charge is -2.47. The Hall–Kier alpha value is -1.72. The van der Waals surface area contributed by atoms with Crippen molar-refractivity contribution in [3.05, 3.63) is 34.2 Å². The Labute approximate surface area is 167 Å². The van der Waals surface area contributed by atoms with Crippen LogP contribution in [0.2, 0.25) is 0 Å². The van der Waals surface area contributed by atoms with Gasteiger partial charge in [0.25, 0.3) is 0 Å². The van der Waals surface area contributed by atoms with E-state index in [4.69, 9.17) is 14.5 Å². The van der Waals surface area contributed by atoms with Gasteiger partial charge in [-0.25, -0.2) is 4.79 Å². The van der Waals surface area contributed by atoms with Crippen LogP contribution in [0.1, 0.15) is 97.8 Å². The molecule has 1 aromatic heterocycles. The molecule has 1 N–H and O–H groups in total. The second-order valence-corrected chi connectivity index (χ2v) is 8.79. The van der Waals surface area contributed by atoms with E-state index in [2.05, 4.69) is 13.8 Å². The number of rotatable bonds is 4. The lowest BCUT2D eigenvalue weighted by molar-refractivity contribution is 0.0240. The zero-order valence-electron chi connectivity index (χ0n) is 17.2. The number of fused-ring (bicyclic) bond motifs is 1. The van der Waals surface area contributed by atoms with Gasteiger partial charge in [-0.05, 0) is 55.9 Å². The molecule has 1 aromatic rings. The van der Waals surface area contributed by atoms with Crippen LogP contribution in [0.15, 0.2) is 6.08 Å². The number of aliphatic hydroxyl groups is 1. The predicted molar refractivity (Wildman–Crippen MR) is 107 cm³/mol. The minimum atomic E-state index is -0.579. The molecule has 1 spiro atoms. The number of ether oxygens (including phenoxy) is 2. The van der Waals surface area contributed by atoms with E-state index in [1.165, 1.54) is 6.42 Å². The third kappa shape index (κ3) is 3.29. The number of carbonyl (C=O) groups is 1. The SMILES string of the molecule is CCOC(=O)c1c(C(C)C)nc2c(c1C1=CCOCC1)C(O)CC1(CCC1)C2. The number of nitrogens with zero attached hydrogens (tertiary/aromatic N) is 1. The standard InChI is InChI=1S/C23H31NO4/c1-4-28-22(26)20-18(15-6-10-27-11-7-15)19-16(24-21(20)14(2)3)12-23(8-5-9-23)13-17(19)25/h6,14,17,25H,4-5,7-13H2,1-3H3. The molecule has 0 aromatic carbocycles. The summed E-state index contributed by atoms with van der Waals surface area (Å²) in [5.41, 5.74) is 5.34. The maximum absolute atomic E-state index is 13.0. The molecule has 0 bridgehead atoms. The molecule has 0 radical (unpaired) electrons. The van der Waals surface area contributed by atoms with E-state index >= 15 is 0 Å². The number of aromatic nitrogens is 1. The number of hydrogen-bond donors (Lipinski definition) is 1. The van der Waals surface area contributed by atoms with Crippen molar-refractivity contribution in [3.63, 3.8) is 0 Å². The lowest BCUT2D eigenvalue weighted by atomic mass is 9.59. The van der Waals surface area contributed by atoms with Crippen LogP contribution in [-0.4, -0.2) is 35.9 Å². The Bertz CT molecular complexity index is 807. The molecular weight excluding hydrogens is 354 g/mol. The lowest BCUT2D eigenvalue weighted by Crippen LogP contribution is -2.39. The summed E-state index contributed by atoms with van der Waals surface area (Å²) < 4.78 is 10.9. The first-order valence-corrected chi connectivity index (χ1v) is 10.6. The molecule has 0 saturated heterocycles. The van der Waals surface area contributed by atoms with Gasteiger partial charge in [0.1, 0.15) is 0 Å². The second kappa shape index (κ2) is 7.60. The van der Waals surface area contributed by atoms with Crippen molar-refractivity contribution in [2.75, 3.05) is 19.8 Å². The first kappa shape index (κ1) is 19.6. The fourth-order valence-electron chi connectivity index (χ4n) is 5.07. The summed E-state index contributed by atoms with van der Waals surface area (Å²) in [5, 5.41) is 11.2. The zero-order valence-corrected chi connectivity index (χ0v) is 17.2. The van der Waals surface area contributed by atoms with E-state index < -0.39 is 6.10 Å². The van der Waals surface area contributed by atoms with Crippen molar-refractivity contribution in [2.24, 2.45) is 5.41 Å².